The Balaban J connectivity index is 3.51. The van der Waals surface area contributed by atoms with Crippen molar-refractivity contribution in [1.29, 1.82) is 0 Å². The molecule has 5 nitrogen and oxygen atoms in total. The van der Waals surface area contributed by atoms with Gasteiger partial charge in [0.25, 0.3) is 0 Å². The van der Waals surface area contributed by atoms with Gasteiger partial charge >= 0.3 is 12.0 Å². The van der Waals surface area contributed by atoms with E-state index in [0.29, 0.717) is 13.1 Å². The van der Waals surface area contributed by atoms with Crippen molar-refractivity contribution >= 4 is 12.0 Å². The molecule has 0 saturated heterocycles. The van der Waals surface area contributed by atoms with Crippen LogP contribution in [0.2, 0.25) is 0 Å². The topological polar surface area (TPSA) is 67.4 Å². The maximum atomic E-state index is 11.0. The third kappa shape index (κ3) is 8.80. The highest BCUT2D eigenvalue weighted by Gasteiger charge is 1.99. The molecule has 0 radical (unpaired) electrons. The van der Waals surface area contributed by atoms with E-state index in [1.54, 1.807) is 0 Å². The average Bonchev–Trinajstić information content (AvgIpc) is 2.12. The monoisotopic (exact) mass is 214 g/mol. The first-order valence-electron chi connectivity index (χ1n) is 4.89. The predicted octanol–water partition coefficient (Wildman–Crippen LogP) is 0.815. The lowest BCUT2D eigenvalue weighted by atomic mass is 10.3. The summed E-state index contributed by atoms with van der Waals surface area (Å²) < 4.78 is 4.82. The lowest BCUT2D eigenvalue weighted by Gasteiger charge is -2.05. The number of carbonyl (C=O) groups is 2. The first-order chi connectivity index (χ1) is 7.06. The largest absolute Gasteiger partial charge is 0.461 e. The van der Waals surface area contributed by atoms with Gasteiger partial charge in [-0.15, -0.1) is 0 Å². The fraction of sp³-hybridized carbons (Fsp3) is 0.600. The highest BCUT2D eigenvalue weighted by Crippen LogP contribution is 1.90. The third-order valence-electron chi connectivity index (χ3n) is 1.38. The molecule has 0 aromatic carbocycles. The molecule has 0 bridgehead atoms. The Hall–Kier alpha value is -1.52. The normalized spacial score (nSPS) is 9.00. The molecule has 0 saturated carbocycles. The van der Waals surface area contributed by atoms with Gasteiger partial charge in [0.15, 0.2) is 0 Å². The van der Waals surface area contributed by atoms with Crippen LogP contribution in [0.3, 0.4) is 0 Å². The van der Waals surface area contributed by atoms with Crippen molar-refractivity contribution in [3.05, 3.63) is 11.6 Å². The van der Waals surface area contributed by atoms with E-state index in [0.717, 1.165) is 5.57 Å². The van der Waals surface area contributed by atoms with Crippen molar-refractivity contribution in [2.24, 2.45) is 0 Å². The molecule has 0 rings (SSSR count). The van der Waals surface area contributed by atoms with Crippen LogP contribution >= 0.6 is 0 Å². The van der Waals surface area contributed by atoms with Gasteiger partial charge in [0.05, 0.1) is 6.54 Å². The Morgan fingerprint density at radius 3 is 2.47 bits per heavy atom. The van der Waals surface area contributed by atoms with E-state index in [1.165, 1.54) is 6.08 Å². The molecule has 5 heteroatoms. The van der Waals surface area contributed by atoms with Gasteiger partial charge in [-0.1, -0.05) is 5.57 Å². The molecule has 0 unspecified atom stereocenters. The van der Waals surface area contributed by atoms with E-state index in [2.05, 4.69) is 10.6 Å². The number of ether oxygens (including phenoxy) is 1. The quantitative estimate of drug-likeness (QED) is 0.404. The number of rotatable bonds is 5. The molecule has 15 heavy (non-hydrogen) atoms. The molecule has 0 aromatic rings. The summed E-state index contributed by atoms with van der Waals surface area (Å²) >= 11 is 0. The number of amides is 2. The smallest absolute Gasteiger partial charge is 0.330 e. The van der Waals surface area contributed by atoms with Gasteiger partial charge in [-0.25, -0.2) is 9.59 Å². The van der Waals surface area contributed by atoms with Crippen molar-refractivity contribution in [3.63, 3.8) is 0 Å². The summed E-state index contributed by atoms with van der Waals surface area (Å²) in [4.78, 5) is 21.9. The van der Waals surface area contributed by atoms with Crippen LogP contribution in [0.25, 0.3) is 0 Å². The van der Waals surface area contributed by atoms with Crippen molar-refractivity contribution in [2.75, 3.05) is 19.7 Å². The third-order valence-corrected chi connectivity index (χ3v) is 1.38. The first kappa shape index (κ1) is 13.5. The maximum Gasteiger partial charge on any atom is 0.330 e. The molecule has 0 aliphatic heterocycles. The predicted molar refractivity (Wildman–Crippen MR) is 57.5 cm³/mol. The van der Waals surface area contributed by atoms with Crippen LogP contribution in [0.1, 0.15) is 20.8 Å². The number of urea groups is 1. The minimum atomic E-state index is -0.382. The lowest BCUT2D eigenvalue weighted by Crippen LogP contribution is -2.37. The molecule has 0 atom stereocenters. The fourth-order valence-corrected chi connectivity index (χ4v) is 0.817. The minimum absolute atomic E-state index is 0.180. The lowest BCUT2D eigenvalue weighted by molar-refractivity contribution is -0.137. The average molecular weight is 214 g/mol. The summed E-state index contributed by atoms with van der Waals surface area (Å²) in [5, 5.41) is 5.11. The molecule has 0 aliphatic rings. The fourth-order valence-electron chi connectivity index (χ4n) is 0.817. The Labute approximate surface area is 89.9 Å². The zero-order valence-corrected chi connectivity index (χ0v) is 9.42. The van der Waals surface area contributed by atoms with Gasteiger partial charge in [-0.2, -0.15) is 0 Å². The summed E-state index contributed by atoms with van der Waals surface area (Å²) in [6.07, 6.45) is 1.41. The van der Waals surface area contributed by atoms with Crippen LogP contribution in [0.15, 0.2) is 11.6 Å². The van der Waals surface area contributed by atoms with Gasteiger partial charge in [0, 0.05) is 12.6 Å². The molecule has 0 aromatic heterocycles. The van der Waals surface area contributed by atoms with E-state index in [1.807, 2.05) is 20.8 Å². The number of hydrogen-bond acceptors (Lipinski definition) is 3. The highest BCUT2D eigenvalue weighted by molar-refractivity contribution is 5.82. The first-order valence-corrected chi connectivity index (χ1v) is 4.89. The summed E-state index contributed by atoms with van der Waals surface area (Å²) in [7, 11) is 0. The molecule has 0 heterocycles. The number of nitrogens with one attached hydrogen (secondary N) is 2. The summed E-state index contributed by atoms with van der Waals surface area (Å²) in [5.74, 6) is -0.382. The summed E-state index contributed by atoms with van der Waals surface area (Å²) in [6, 6.07) is -0.254. The zero-order chi connectivity index (χ0) is 11.7. The van der Waals surface area contributed by atoms with E-state index in [-0.39, 0.29) is 18.6 Å². The number of hydrogen-bond donors (Lipinski definition) is 2. The zero-order valence-electron chi connectivity index (χ0n) is 9.42. The Bertz CT molecular complexity index is 245. The molecule has 2 N–H and O–H groups in total. The van der Waals surface area contributed by atoms with E-state index < -0.39 is 0 Å². The van der Waals surface area contributed by atoms with Crippen LogP contribution in [-0.2, 0) is 9.53 Å². The van der Waals surface area contributed by atoms with Crippen LogP contribution in [-0.4, -0.2) is 31.7 Å². The molecule has 86 valence electrons. The second-order valence-electron chi connectivity index (χ2n) is 3.18. The van der Waals surface area contributed by atoms with Crippen molar-refractivity contribution in [1.82, 2.24) is 10.6 Å². The SMILES string of the molecule is CCNC(=O)NCCOC(=O)C=C(C)C. The van der Waals surface area contributed by atoms with Crippen molar-refractivity contribution < 1.29 is 14.3 Å². The molecule has 0 fully saturated rings. The number of allylic oxidation sites excluding steroid dienone is 1. The second-order valence-corrected chi connectivity index (χ2v) is 3.18. The second kappa shape index (κ2) is 7.84. The standard InChI is InChI=1S/C10H18N2O3/c1-4-11-10(14)12-5-6-15-9(13)7-8(2)3/h7H,4-6H2,1-3H3,(H2,11,12,14). The van der Waals surface area contributed by atoms with E-state index >= 15 is 0 Å². The number of esters is 1. The Kier molecular flexibility index (Phi) is 7.05. The molecular weight excluding hydrogens is 196 g/mol. The Morgan fingerprint density at radius 1 is 1.27 bits per heavy atom. The van der Waals surface area contributed by atoms with Gasteiger partial charge in [-0.3, -0.25) is 0 Å². The molecule has 0 spiro atoms. The maximum absolute atomic E-state index is 11.0. The van der Waals surface area contributed by atoms with Gasteiger partial charge in [0.1, 0.15) is 6.61 Å². The molecule has 0 aliphatic carbocycles. The van der Waals surface area contributed by atoms with Crippen LogP contribution < -0.4 is 10.6 Å². The Morgan fingerprint density at radius 2 is 1.93 bits per heavy atom. The summed E-state index contributed by atoms with van der Waals surface area (Å²) in [5.41, 5.74) is 0.886. The van der Waals surface area contributed by atoms with Crippen LogP contribution in [0.5, 0.6) is 0 Å². The van der Waals surface area contributed by atoms with Gasteiger partial charge in [-0.05, 0) is 20.8 Å². The summed E-state index contributed by atoms with van der Waals surface area (Å²) in [6.45, 7) is 6.52. The van der Waals surface area contributed by atoms with Crippen molar-refractivity contribution in [2.45, 2.75) is 20.8 Å². The van der Waals surface area contributed by atoms with Crippen LogP contribution in [0, 0.1) is 0 Å². The van der Waals surface area contributed by atoms with Gasteiger partial charge in [0.2, 0.25) is 0 Å². The molecule has 2 amide bonds. The molecular formula is C10H18N2O3. The highest BCUT2D eigenvalue weighted by atomic mass is 16.5. The van der Waals surface area contributed by atoms with Gasteiger partial charge < -0.3 is 15.4 Å². The van der Waals surface area contributed by atoms with Crippen LogP contribution in [0.4, 0.5) is 4.79 Å². The van der Waals surface area contributed by atoms with Crippen molar-refractivity contribution in [3.8, 4) is 0 Å². The number of carbonyl (C=O) groups excluding carboxylic acids is 2. The van der Waals surface area contributed by atoms with E-state index in [9.17, 15) is 9.59 Å². The minimum Gasteiger partial charge on any atom is -0.461 e. The van der Waals surface area contributed by atoms with E-state index in [4.69, 9.17) is 4.74 Å².